The van der Waals surface area contributed by atoms with Crippen molar-refractivity contribution in [1.82, 2.24) is 14.8 Å². The number of thioether (sulfide) groups is 1. The Morgan fingerprint density at radius 3 is 3.05 bits per heavy atom. The van der Waals surface area contributed by atoms with Crippen LogP contribution in [0.25, 0.3) is 11.1 Å². The van der Waals surface area contributed by atoms with Crippen molar-refractivity contribution in [2.24, 2.45) is 0 Å². The van der Waals surface area contributed by atoms with Gasteiger partial charge in [-0.1, -0.05) is 29.8 Å². The maximum absolute atomic E-state index is 5.94. The lowest BCUT2D eigenvalue weighted by atomic mass is 10.2. The molecule has 21 heavy (non-hydrogen) atoms. The number of hydrogen-bond donors (Lipinski definition) is 0. The van der Waals surface area contributed by atoms with Crippen LogP contribution in [0.4, 0.5) is 0 Å². The van der Waals surface area contributed by atoms with Gasteiger partial charge < -0.3 is 4.42 Å². The Morgan fingerprint density at radius 1 is 1.24 bits per heavy atom. The number of fused-ring (bicyclic) bond motifs is 1. The van der Waals surface area contributed by atoms with Crippen molar-refractivity contribution >= 4 is 34.5 Å². The molecule has 0 fully saturated rings. The van der Waals surface area contributed by atoms with Crippen molar-refractivity contribution in [3.8, 4) is 0 Å². The predicted octanol–water partition coefficient (Wildman–Crippen LogP) is 4.64. The van der Waals surface area contributed by atoms with E-state index in [2.05, 4.69) is 10.1 Å². The fourth-order valence-electron chi connectivity index (χ4n) is 2.09. The normalized spacial score (nSPS) is 11.3. The van der Waals surface area contributed by atoms with Crippen LogP contribution < -0.4 is 0 Å². The van der Waals surface area contributed by atoms with Crippen LogP contribution in [-0.4, -0.2) is 20.5 Å². The molecule has 3 aromatic rings. The van der Waals surface area contributed by atoms with Crippen molar-refractivity contribution < 1.29 is 4.42 Å². The van der Waals surface area contributed by atoms with E-state index in [1.807, 2.05) is 41.3 Å². The monoisotopic (exact) mass is 321 g/mol. The van der Waals surface area contributed by atoms with Gasteiger partial charge in [0.15, 0.2) is 5.58 Å². The van der Waals surface area contributed by atoms with Crippen LogP contribution in [0.1, 0.15) is 19.3 Å². The van der Waals surface area contributed by atoms with Crippen LogP contribution in [0.3, 0.4) is 0 Å². The van der Waals surface area contributed by atoms with Crippen molar-refractivity contribution in [3.05, 3.63) is 41.7 Å². The molecule has 0 N–H and O–H groups in total. The number of rotatable bonds is 7. The van der Waals surface area contributed by atoms with Gasteiger partial charge in [-0.15, -0.1) is 0 Å². The number of aryl methyl sites for hydroxylation is 1. The molecule has 0 saturated carbocycles. The van der Waals surface area contributed by atoms with E-state index < -0.39 is 0 Å². The Bertz CT molecular complexity index is 696. The summed E-state index contributed by atoms with van der Waals surface area (Å²) in [5, 5.41) is 5.60. The first-order valence-electron chi connectivity index (χ1n) is 6.97. The highest BCUT2D eigenvalue weighted by molar-refractivity contribution is 7.99. The van der Waals surface area contributed by atoms with Crippen LogP contribution in [0.2, 0.25) is 5.02 Å². The van der Waals surface area contributed by atoms with Gasteiger partial charge in [0, 0.05) is 29.7 Å². The van der Waals surface area contributed by atoms with Crippen LogP contribution in [0.5, 0.6) is 0 Å². The average molecular weight is 322 g/mol. The average Bonchev–Trinajstić information content (AvgIpc) is 3.11. The molecule has 6 heteroatoms. The van der Waals surface area contributed by atoms with Crippen molar-refractivity contribution in [1.29, 1.82) is 0 Å². The van der Waals surface area contributed by atoms with Gasteiger partial charge in [-0.05, 0) is 37.1 Å². The largest absolute Gasteiger partial charge is 0.431 e. The molecule has 1 aromatic carbocycles. The summed E-state index contributed by atoms with van der Waals surface area (Å²) >= 11 is 7.59. The third-order valence-corrected chi connectivity index (χ3v) is 4.30. The van der Waals surface area contributed by atoms with E-state index >= 15 is 0 Å². The van der Waals surface area contributed by atoms with Crippen molar-refractivity contribution in [2.45, 2.75) is 31.0 Å². The lowest BCUT2D eigenvalue weighted by Crippen LogP contribution is -1.98. The Kier molecular flexibility index (Phi) is 4.83. The molecule has 2 aromatic heterocycles. The van der Waals surface area contributed by atoms with Crippen LogP contribution in [0, 0.1) is 0 Å². The molecule has 0 bridgehead atoms. The van der Waals surface area contributed by atoms with E-state index in [4.69, 9.17) is 16.0 Å². The summed E-state index contributed by atoms with van der Waals surface area (Å²) in [6.07, 6.45) is 7.28. The lowest BCUT2D eigenvalue weighted by molar-refractivity contribution is 0.489. The number of aromatic nitrogens is 3. The van der Waals surface area contributed by atoms with Gasteiger partial charge in [0.1, 0.15) is 5.52 Å². The number of nitrogens with zero attached hydrogens (tertiary/aromatic N) is 3. The second kappa shape index (κ2) is 7.00. The second-order valence-electron chi connectivity index (χ2n) is 4.77. The lowest BCUT2D eigenvalue weighted by Gasteiger charge is -2.00. The molecule has 0 spiro atoms. The maximum Gasteiger partial charge on any atom is 0.256 e. The number of halogens is 1. The van der Waals surface area contributed by atoms with Gasteiger partial charge in [-0.25, -0.2) is 4.98 Å². The van der Waals surface area contributed by atoms with Crippen molar-refractivity contribution in [2.75, 3.05) is 5.75 Å². The fraction of sp³-hybridized carbons (Fsp3) is 0.333. The zero-order valence-electron chi connectivity index (χ0n) is 11.5. The van der Waals surface area contributed by atoms with E-state index in [1.165, 1.54) is 6.42 Å². The van der Waals surface area contributed by atoms with Gasteiger partial charge in [0.25, 0.3) is 5.22 Å². The molecular weight excluding hydrogens is 306 g/mol. The summed E-state index contributed by atoms with van der Waals surface area (Å²) in [5.74, 6) is 1.01. The summed E-state index contributed by atoms with van der Waals surface area (Å²) < 4.78 is 7.64. The first-order valence-corrected chi connectivity index (χ1v) is 8.34. The van der Waals surface area contributed by atoms with E-state index in [1.54, 1.807) is 11.8 Å². The molecular formula is C15H16ClN3OS. The van der Waals surface area contributed by atoms with Gasteiger partial charge in [-0.2, -0.15) is 5.10 Å². The molecule has 110 valence electrons. The Morgan fingerprint density at radius 2 is 2.19 bits per heavy atom. The van der Waals surface area contributed by atoms with Crippen molar-refractivity contribution in [3.63, 3.8) is 0 Å². The minimum absolute atomic E-state index is 0.686. The number of benzene rings is 1. The Balaban J connectivity index is 1.40. The number of oxazole rings is 1. The SMILES string of the molecule is Clc1ccc2oc(SCCCCCn3cccn3)nc2c1. The summed E-state index contributed by atoms with van der Waals surface area (Å²) in [6.45, 7) is 0.985. The second-order valence-corrected chi connectivity index (χ2v) is 6.25. The summed E-state index contributed by atoms with van der Waals surface area (Å²) in [5.41, 5.74) is 1.62. The quantitative estimate of drug-likeness (QED) is 0.469. The molecule has 0 aliphatic carbocycles. The van der Waals surface area contributed by atoms with E-state index in [0.29, 0.717) is 5.02 Å². The zero-order valence-corrected chi connectivity index (χ0v) is 13.1. The van der Waals surface area contributed by atoms with Gasteiger partial charge in [0.05, 0.1) is 0 Å². The van der Waals surface area contributed by atoms with E-state index in [0.717, 1.165) is 41.5 Å². The molecule has 2 heterocycles. The summed E-state index contributed by atoms with van der Waals surface area (Å²) in [7, 11) is 0. The number of unbranched alkanes of at least 4 members (excludes halogenated alkanes) is 2. The molecule has 4 nitrogen and oxygen atoms in total. The first kappa shape index (κ1) is 14.5. The molecule has 3 rings (SSSR count). The maximum atomic E-state index is 5.94. The smallest absolute Gasteiger partial charge is 0.256 e. The highest BCUT2D eigenvalue weighted by Crippen LogP contribution is 2.26. The van der Waals surface area contributed by atoms with Gasteiger partial charge in [-0.3, -0.25) is 4.68 Å². The molecule has 0 atom stereocenters. The summed E-state index contributed by atoms with van der Waals surface area (Å²) in [6, 6.07) is 7.46. The summed E-state index contributed by atoms with van der Waals surface area (Å²) in [4.78, 5) is 4.43. The molecule has 0 aliphatic rings. The van der Waals surface area contributed by atoms with Gasteiger partial charge >= 0.3 is 0 Å². The standard InChI is InChI=1S/C15H16ClN3OS/c16-12-5-6-14-13(11-12)18-15(20-14)21-10-3-1-2-8-19-9-4-7-17-19/h4-7,9,11H,1-3,8,10H2. The van der Waals surface area contributed by atoms with E-state index in [9.17, 15) is 0 Å². The van der Waals surface area contributed by atoms with Crippen LogP contribution >= 0.6 is 23.4 Å². The topological polar surface area (TPSA) is 43.9 Å². The third-order valence-electron chi connectivity index (χ3n) is 3.15. The minimum Gasteiger partial charge on any atom is -0.431 e. The first-order chi connectivity index (χ1) is 10.3. The molecule has 0 saturated heterocycles. The van der Waals surface area contributed by atoms with Gasteiger partial charge in [0.2, 0.25) is 0 Å². The minimum atomic E-state index is 0.686. The Labute approximate surface area is 132 Å². The third kappa shape index (κ3) is 4.02. The van der Waals surface area contributed by atoms with E-state index in [-0.39, 0.29) is 0 Å². The van der Waals surface area contributed by atoms with Crippen LogP contribution in [0.15, 0.2) is 46.3 Å². The molecule has 0 unspecified atom stereocenters. The Hall–Kier alpha value is -1.46. The highest BCUT2D eigenvalue weighted by atomic mass is 35.5. The highest BCUT2D eigenvalue weighted by Gasteiger charge is 2.06. The fourth-order valence-corrected chi connectivity index (χ4v) is 3.09. The molecule has 0 radical (unpaired) electrons. The molecule has 0 amide bonds. The van der Waals surface area contributed by atoms with Crippen LogP contribution in [-0.2, 0) is 6.54 Å². The molecule has 0 aliphatic heterocycles. The zero-order chi connectivity index (χ0) is 14.5. The number of hydrogen-bond acceptors (Lipinski definition) is 4. The predicted molar refractivity (Wildman–Crippen MR) is 85.8 cm³/mol.